The first-order chi connectivity index (χ1) is 11.0. The number of rotatable bonds is 4. The summed E-state index contributed by atoms with van der Waals surface area (Å²) in [6.45, 7) is 3.89. The summed E-state index contributed by atoms with van der Waals surface area (Å²) in [7, 11) is 0. The molecule has 23 heavy (non-hydrogen) atoms. The number of hydrogen-bond donors (Lipinski definition) is 0. The topological polar surface area (TPSA) is 68.9 Å². The van der Waals surface area contributed by atoms with E-state index in [4.69, 9.17) is 0 Å². The summed E-state index contributed by atoms with van der Waals surface area (Å²) in [5, 5.41) is 12.9. The van der Waals surface area contributed by atoms with Gasteiger partial charge < -0.3 is 0 Å². The number of benzene rings is 2. The first kappa shape index (κ1) is 15.4. The first-order valence-electron chi connectivity index (χ1n) is 7.19. The number of para-hydroxylation sites is 1. The quantitative estimate of drug-likeness (QED) is 0.301. The van der Waals surface area contributed by atoms with Crippen molar-refractivity contribution in [1.29, 1.82) is 0 Å². The van der Waals surface area contributed by atoms with E-state index < -0.39 is 0 Å². The standard InChI is InChI=1S/C17H15N3O2S/c1-11(13-6-5-7-14(10-13)20(21)22)23-17-15-8-3-4-9-16(15)18-12(2)19-17/h3-11H,1-2H3/t11-/m0/s1. The van der Waals surface area contributed by atoms with Gasteiger partial charge in [0.25, 0.3) is 5.69 Å². The third kappa shape index (κ3) is 3.32. The maximum absolute atomic E-state index is 10.9. The minimum Gasteiger partial charge on any atom is -0.258 e. The number of nitro groups is 1. The fraction of sp³-hybridized carbons (Fsp3) is 0.176. The Labute approximate surface area is 137 Å². The normalized spacial score (nSPS) is 12.3. The van der Waals surface area contributed by atoms with Crippen LogP contribution in [0.15, 0.2) is 53.6 Å². The second-order valence-corrected chi connectivity index (χ2v) is 6.53. The van der Waals surface area contributed by atoms with E-state index in [0.29, 0.717) is 0 Å². The molecule has 1 heterocycles. The number of hydrogen-bond acceptors (Lipinski definition) is 5. The van der Waals surface area contributed by atoms with Crippen LogP contribution in [-0.2, 0) is 0 Å². The Kier molecular flexibility index (Phi) is 4.25. The number of nitro benzene ring substituents is 1. The molecule has 116 valence electrons. The van der Waals surface area contributed by atoms with Gasteiger partial charge in [0.2, 0.25) is 0 Å². The zero-order valence-corrected chi connectivity index (χ0v) is 13.6. The highest BCUT2D eigenvalue weighted by molar-refractivity contribution is 7.99. The monoisotopic (exact) mass is 325 g/mol. The Hall–Kier alpha value is -2.47. The zero-order valence-electron chi connectivity index (χ0n) is 12.8. The molecule has 0 N–H and O–H groups in total. The predicted molar refractivity (Wildman–Crippen MR) is 91.6 cm³/mol. The maximum Gasteiger partial charge on any atom is 0.269 e. The highest BCUT2D eigenvalue weighted by Crippen LogP contribution is 2.37. The summed E-state index contributed by atoms with van der Waals surface area (Å²) in [5.41, 5.74) is 1.93. The van der Waals surface area contributed by atoms with E-state index >= 15 is 0 Å². The van der Waals surface area contributed by atoms with Crippen molar-refractivity contribution in [2.45, 2.75) is 24.1 Å². The van der Waals surface area contributed by atoms with Crippen LogP contribution in [0.2, 0.25) is 0 Å². The molecule has 3 aromatic rings. The van der Waals surface area contributed by atoms with Crippen LogP contribution in [0.25, 0.3) is 10.9 Å². The van der Waals surface area contributed by atoms with Crippen LogP contribution < -0.4 is 0 Å². The van der Waals surface area contributed by atoms with Crippen molar-refractivity contribution in [1.82, 2.24) is 9.97 Å². The largest absolute Gasteiger partial charge is 0.269 e. The molecule has 0 saturated heterocycles. The lowest BCUT2D eigenvalue weighted by Gasteiger charge is -2.13. The molecular weight excluding hydrogens is 310 g/mol. The van der Waals surface area contributed by atoms with Gasteiger partial charge in [0, 0.05) is 22.8 Å². The fourth-order valence-corrected chi connectivity index (χ4v) is 3.48. The molecule has 0 bridgehead atoms. The van der Waals surface area contributed by atoms with Crippen molar-refractivity contribution in [3.05, 3.63) is 70.0 Å². The van der Waals surface area contributed by atoms with Gasteiger partial charge in [-0.15, -0.1) is 0 Å². The molecule has 6 heteroatoms. The summed E-state index contributed by atoms with van der Waals surface area (Å²) >= 11 is 1.59. The van der Waals surface area contributed by atoms with Crippen LogP contribution in [0, 0.1) is 17.0 Å². The number of fused-ring (bicyclic) bond motifs is 1. The smallest absolute Gasteiger partial charge is 0.258 e. The van der Waals surface area contributed by atoms with Gasteiger partial charge in [-0.1, -0.05) is 42.1 Å². The summed E-state index contributed by atoms with van der Waals surface area (Å²) in [5.74, 6) is 0.720. The van der Waals surface area contributed by atoms with Crippen LogP contribution >= 0.6 is 11.8 Å². The van der Waals surface area contributed by atoms with Crippen molar-refractivity contribution in [3.8, 4) is 0 Å². The molecule has 3 rings (SSSR count). The van der Waals surface area contributed by atoms with Crippen molar-refractivity contribution >= 4 is 28.4 Å². The van der Waals surface area contributed by atoms with E-state index in [-0.39, 0.29) is 15.9 Å². The number of nitrogens with zero attached hydrogens (tertiary/aromatic N) is 3. The van der Waals surface area contributed by atoms with Crippen molar-refractivity contribution in [2.75, 3.05) is 0 Å². The van der Waals surface area contributed by atoms with Crippen molar-refractivity contribution in [3.63, 3.8) is 0 Å². The molecule has 0 aliphatic rings. The molecule has 0 fully saturated rings. The molecule has 2 aromatic carbocycles. The van der Waals surface area contributed by atoms with Crippen LogP contribution in [-0.4, -0.2) is 14.9 Å². The van der Waals surface area contributed by atoms with E-state index in [1.165, 1.54) is 6.07 Å². The summed E-state index contributed by atoms with van der Waals surface area (Å²) < 4.78 is 0. The number of non-ortho nitro benzene ring substituents is 1. The molecule has 0 spiro atoms. The van der Waals surface area contributed by atoms with Gasteiger partial charge in [-0.2, -0.15) is 0 Å². The number of aryl methyl sites for hydroxylation is 1. The van der Waals surface area contributed by atoms with Gasteiger partial charge >= 0.3 is 0 Å². The lowest BCUT2D eigenvalue weighted by Crippen LogP contribution is -1.96. The first-order valence-corrected chi connectivity index (χ1v) is 8.07. The van der Waals surface area contributed by atoms with Crippen LogP contribution in [0.5, 0.6) is 0 Å². The summed E-state index contributed by atoms with van der Waals surface area (Å²) in [6.07, 6.45) is 0. The van der Waals surface area contributed by atoms with Crippen molar-refractivity contribution < 1.29 is 4.92 Å². The highest BCUT2D eigenvalue weighted by atomic mass is 32.2. The summed E-state index contributed by atoms with van der Waals surface area (Å²) in [6, 6.07) is 14.6. The molecule has 0 unspecified atom stereocenters. The van der Waals surface area contributed by atoms with E-state index in [9.17, 15) is 10.1 Å². The second-order valence-electron chi connectivity index (χ2n) is 5.21. The van der Waals surface area contributed by atoms with E-state index in [0.717, 1.165) is 27.3 Å². The number of aromatic nitrogens is 2. The van der Waals surface area contributed by atoms with Crippen LogP contribution in [0.4, 0.5) is 5.69 Å². The van der Waals surface area contributed by atoms with Crippen LogP contribution in [0.3, 0.4) is 0 Å². The minimum atomic E-state index is -0.370. The van der Waals surface area contributed by atoms with Crippen LogP contribution in [0.1, 0.15) is 23.6 Å². The molecule has 1 atom stereocenters. The molecule has 0 radical (unpaired) electrons. The Bertz CT molecular complexity index is 883. The van der Waals surface area contributed by atoms with Gasteiger partial charge in [0.05, 0.1) is 10.4 Å². The SMILES string of the molecule is Cc1nc(S[C@@H](C)c2cccc([N+](=O)[O-])c2)c2ccccc2n1. The molecule has 1 aromatic heterocycles. The molecule has 0 saturated carbocycles. The second kappa shape index (κ2) is 6.34. The van der Waals surface area contributed by atoms with Gasteiger partial charge in [-0.05, 0) is 25.5 Å². The third-order valence-corrected chi connectivity index (χ3v) is 4.68. The maximum atomic E-state index is 10.9. The van der Waals surface area contributed by atoms with E-state index in [2.05, 4.69) is 9.97 Å². The predicted octanol–water partition coefficient (Wildman–Crippen LogP) is 4.70. The average Bonchev–Trinajstić information content (AvgIpc) is 2.54. The lowest BCUT2D eigenvalue weighted by atomic mass is 10.1. The third-order valence-electron chi connectivity index (χ3n) is 3.52. The average molecular weight is 325 g/mol. The van der Waals surface area contributed by atoms with Gasteiger partial charge in [-0.25, -0.2) is 9.97 Å². The zero-order chi connectivity index (χ0) is 16.4. The van der Waals surface area contributed by atoms with Gasteiger partial charge in [0.1, 0.15) is 10.9 Å². The highest BCUT2D eigenvalue weighted by Gasteiger charge is 2.15. The van der Waals surface area contributed by atoms with E-state index in [1.807, 2.05) is 44.2 Å². The van der Waals surface area contributed by atoms with E-state index in [1.54, 1.807) is 23.9 Å². The van der Waals surface area contributed by atoms with Gasteiger partial charge in [0.15, 0.2) is 0 Å². The molecule has 5 nitrogen and oxygen atoms in total. The lowest BCUT2D eigenvalue weighted by molar-refractivity contribution is -0.384. The molecule has 0 aliphatic heterocycles. The Morgan fingerprint density at radius 3 is 2.70 bits per heavy atom. The number of thioether (sulfide) groups is 1. The fourth-order valence-electron chi connectivity index (χ4n) is 2.38. The Balaban J connectivity index is 1.95. The molecule has 0 amide bonds. The molecular formula is C17H15N3O2S. The Morgan fingerprint density at radius 1 is 1.13 bits per heavy atom. The molecule has 0 aliphatic carbocycles. The Morgan fingerprint density at radius 2 is 1.91 bits per heavy atom. The minimum absolute atomic E-state index is 0.0487. The van der Waals surface area contributed by atoms with Crippen molar-refractivity contribution in [2.24, 2.45) is 0 Å². The van der Waals surface area contributed by atoms with Gasteiger partial charge in [-0.3, -0.25) is 10.1 Å². The summed E-state index contributed by atoms with van der Waals surface area (Å²) in [4.78, 5) is 19.5.